The highest BCUT2D eigenvalue weighted by Gasteiger charge is 2.27. The van der Waals surface area contributed by atoms with Crippen molar-refractivity contribution in [2.24, 2.45) is 17.8 Å². The molecule has 0 heterocycles. The number of carbonyl (C=O) groups is 1. The molecule has 0 spiro atoms. The Balaban J connectivity index is 2.27. The Hall–Kier alpha value is -0.570. The number of aliphatic hydroxyl groups is 1. The molecule has 1 rings (SSSR count). The second-order valence-electron chi connectivity index (χ2n) is 4.87. The van der Waals surface area contributed by atoms with E-state index in [2.05, 4.69) is 19.2 Å². The van der Waals surface area contributed by atoms with Gasteiger partial charge in [0.05, 0.1) is 6.61 Å². The van der Waals surface area contributed by atoms with Crippen LogP contribution in [0.4, 0.5) is 0 Å². The van der Waals surface area contributed by atoms with Gasteiger partial charge in [-0.1, -0.05) is 13.8 Å². The Morgan fingerprint density at radius 1 is 1.33 bits per heavy atom. The maximum Gasteiger partial charge on any atom is 0.223 e. The molecule has 1 saturated carbocycles. The van der Waals surface area contributed by atoms with Crippen LogP contribution in [0.5, 0.6) is 0 Å². The lowest BCUT2D eigenvalue weighted by atomic mass is 9.77. The van der Waals surface area contributed by atoms with E-state index in [1.165, 1.54) is 12.8 Å². The highest BCUT2D eigenvalue weighted by Crippen LogP contribution is 2.33. The molecule has 0 aromatic heterocycles. The summed E-state index contributed by atoms with van der Waals surface area (Å²) in [6, 6.07) is 0. The van der Waals surface area contributed by atoms with Crippen LogP contribution in [-0.2, 0) is 4.79 Å². The van der Waals surface area contributed by atoms with Gasteiger partial charge >= 0.3 is 0 Å². The smallest absolute Gasteiger partial charge is 0.223 e. The quantitative estimate of drug-likeness (QED) is 0.744. The molecular weight excluding hydrogens is 190 g/mol. The van der Waals surface area contributed by atoms with Crippen LogP contribution in [0.25, 0.3) is 0 Å². The average Bonchev–Trinajstić information content (AvgIpc) is 2.26. The number of nitrogens with one attached hydrogen (secondary N) is 1. The summed E-state index contributed by atoms with van der Waals surface area (Å²) in [5.41, 5.74) is 0. The fourth-order valence-electron chi connectivity index (χ4n) is 2.37. The van der Waals surface area contributed by atoms with E-state index in [4.69, 9.17) is 5.11 Å². The lowest BCUT2D eigenvalue weighted by molar-refractivity contribution is -0.126. The molecule has 1 fully saturated rings. The Bertz CT molecular complexity index is 196. The van der Waals surface area contributed by atoms with Gasteiger partial charge in [0.1, 0.15) is 0 Å². The van der Waals surface area contributed by atoms with Crippen molar-refractivity contribution >= 4 is 5.91 Å². The first-order chi connectivity index (χ1) is 7.15. The van der Waals surface area contributed by atoms with E-state index < -0.39 is 0 Å². The molecule has 88 valence electrons. The summed E-state index contributed by atoms with van der Waals surface area (Å²) in [5.74, 6) is 1.86. The lowest BCUT2D eigenvalue weighted by Crippen LogP contribution is -2.35. The number of hydrogen-bond donors (Lipinski definition) is 2. The van der Waals surface area contributed by atoms with Crippen molar-refractivity contribution in [1.82, 2.24) is 5.32 Å². The van der Waals surface area contributed by atoms with Crippen molar-refractivity contribution in [2.45, 2.75) is 39.5 Å². The largest absolute Gasteiger partial charge is 0.395 e. The van der Waals surface area contributed by atoms with Gasteiger partial charge in [-0.3, -0.25) is 4.79 Å². The molecule has 0 saturated heterocycles. The number of carbonyl (C=O) groups excluding carboxylic acids is 1. The number of hydrogen-bond acceptors (Lipinski definition) is 2. The monoisotopic (exact) mass is 213 g/mol. The molecule has 3 nitrogen and oxygen atoms in total. The van der Waals surface area contributed by atoms with Gasteiger partial charge in [-0.25, -0.2) is 0 Å². The highest BCUT2D eigenvalue weighted by atomic mass is 16.3. The van der Waals surface area contributed by atoms with Crippen LogP contribution >= 0.6 is 0 Å². The Morgan fingerprint density at radius 3 is 2.40 bits per heavy atom. The van der Waals surface area contributed by atoms with Crippen LogP contribution in [-0.4, -0.2) is 24.2 Å². The van der Waals surface area contributed by atoms with E-state index in [-0.39, 0.29) is 18.4 Å². The fraction of sp³-hybridized carbons (Fsp3) is 0.917. The van der Waals surface area contributed by atoms with Gasteiger partial charge in [0.2, 0.25) is 5.91 Å². The summed E-state index contributed by atoms with van der Waals surface area (Å²) in [5, 5.41) is 11.4. The first-order valence-electron chi connectivity index (χ1n) is 6.03. The summed E-state index contributed by atoms with van der Waals surface area (Å²) in [6.07, 6.45) is 4.38. The zero-order valence-corrected chi connectivity index (χ0v) is 9.83. The first kappa shape index (κ1) is 12.5. The minimum atomic E-state index is 0.0348. The summed E-state index contributed by atoms with van der Waals surface area (Å²) in [6.45, 7) is 4.95. The number of rotatable bonds is 4. The van der Waals surface area contributed by atoms with Crippen LogP contribution in [0.3, 0.4) is 0 Å². The number of amides is 1. The second-order valence-corrected chi connectivity index (χ2v) is 4.87. The topological polar surface area (TPSA) is 49.3 Å². The third-order valence-electron chi connectivity index (χ3n) is 3.50. The van der Waals surface area contributed by atoms with Gasteiger partial charge in [0.25, 0.3) is 0 Å². The maximum absolute atomic E-state index is 11.6. The van der Waals surface area contributed by atoms with Gasteiger partial charge < -0.3 is 10.4 Å². The van der Waals surface area contributed by atoms with Crippen LogP contribution in [0.2, 0.25) is 0 Å². The molecule has 1 aliphatic rings. The van der Waals surface area contributed by atoms with Gasteiger partial charge in [-0.2, -0.15) is 0 Å². The van der Waals surface area contributed by atoms with Crippen molar-refractivity contribution in [2.75, 3.05) is 13.2 Å². The van der Waals surface area contributed by atoms with Gasteiger partial charge in [0.15, 0.2) is 0 Å². The van der Waals surface area contributed by atoms with E-state index >= 15 is 0 Å². The summed E-state index contributed by atoms with van der Waals surface area (Å²) < 4.78 is 0. The zero-order valence-electron chi connectivity index (χ0n) is 9.83. The van der Waals surface area contributed by atoms with E-state index in [1.807, 2.05) is 0 Å². The minimum absolute atomic E-state index is 0.0348. The Labute approximate surface area is 92.3 Å². The van der Waals surface area contributed by atoms with Crippen LogP contribution in [0.1, 0.15) is 39.5 Å². The average molecular weight is 213 g/mol. The van der Waals surface area contributed by atoms with Crippen LogP contribution < -0.4 is 5.32 Å². The van der Waals surface area contributed by atoms with E-state index in [0.717, 1.165) is 24.7 Å². The second kappa shape index (κ2) is 6.11. The lowest BCUT2D eigenvalue weighted by Gasteiger charge is -2.30. The number of aliphatic hydroxyl groups excluding tert-OH is 1. The predicted octanol–water partition coefficient (Wildman–Crippen LogP) is 1.56. The molecule has 0 aliphatic heterocycles. The molecule has 0 aromatic carbocycles. The molecule has 15 heavy (non-hydrogen) atoms. The maximum atomic E-state index is 11.6. The fourth-order valence-corrected chi connectivity index (χ4v) is 2.37. The van der Waals surface area contributed by atoms with Crippen molar-refractivity contribution in [3.05, 3.63) is 0 Å². The standard InChI is InChI=1S/C12H23NO2/c1-9(2)10-3-5-11(6-4-10)12(15)13-7-8-14/h9-11,14H,3-8H2,1-2H3,(H,13,15)/t10-,11+. The molecule has 0 bridgehead atoms. The van der Waals surface area contributed by atoms with E-state index in [9.17, 15) is 4.79 Å². The SMILES string of the molecule is CC(C)[C@H]1CC[C@@H](C(=O)NCCO)CC1. The van der Waals surface area contributed by atoms with Crippen LogP contribution in [0.15, 0.2) is 0 Å². The zero-order chi connectivity index (χ0) is 11.3. The molecule has 2 N–H and O–H groups in total. The summed E-state index contributed by atoms with van der Waals surface area (Å²) in [7, 11) is 0. The van der Waals surface area contributed by atoms with E-state index in [1.54, 1.807) is 0 Å². The normalized spacial score (nSPS) is 26.7. The third-order valence-corrected chi connectivity index (χ3v) is 3.50. The van der Waals surface area contributed by atoms with Gasteiger partial charge in [-0.15, -0.1) is 0 Å². The van der Waals surface area contributed by atoms with E-state index in [0.29, 0.717) is 6.54 Å². The van der Waals surface area contributed by atoms with Crippen molar-refractivity contribution in [3.8, 4) is 0 Å². The molecule has 1 aliphatic carbocycles. The predicted molar refractivity (Wildman–Crippen MR) is 60.4 cm³/mol. The molecule has 1 amide bonds. The van der Waals surface area contributed by atoms with Crippen molar-refractivity contribution < 1.29 is 9.90 Å². The Morgan fingerprint density at radius 2 is 1.93 bits per heavy atom. The minimum Gasteiger partial charge on any atom is -0.395 e. The molecule has 0 unspecified atom stereocenters. The van der Waals surface area contributed by atoms with Crippen molar-refractivity contribution in [1.29, 1.82) is 0 Å². The molecular formula is C12H23NO2. The summed E-state index contributed by atoms with van der Waals surface area (Å²) in [4.78, 5) is 11.6. The van der Waals surface area contributed by atoms with Crippen LogP contribution in [0, 0.1) is 17.8 Å². The molecule has 0 atom stereocenters. The van der Waals surface area contributed by atoms with Crippen molar-refractivity contribution in [3.63, 3.8) is 0 Å². The molecule has 3 heteroatoms. The molecule has 0 aromatic rings. The van der Waals surface area contributed by atoms with Gasteiger partial charge in [0, 0.05) is 12.5 Å². The third kappa shape index (κ3) is 3.82. The first-order valence-corrected chi connectivity index (χ1v) is 6.03. The highest BCUT2D eigenvalue weighted by molar-refractivity contribution is 5.78. The molecule has 0 radical (unpaired) electrons. The Kier molecular flexibility index (Phi) is 5.09. The summed E-state index contributed by atoms with van der Waals surface area (Å²) >= 11 is 0. The van der Waals surface area contributed by atoms with Gasteiger partial charge in [-0.05, 0) is 37.5 Å².